The molecule has 0 aliphatic heterocycles. The van der Waals surface area contributed by atoms with Crippen molar-refractivity contribution in [2.45, 2.75) is 6.92 Å². The fraction of sp³-hybridized carbons (Fsp3) is 0.0769. The van der Waals surface area contributed by atoms with Crippen LogP contribution in [0.2, 0.25) is 0 Å². The van der Waals surface area contributed by atoms with Crippen LogP contribution in [0.4, 0.5) is 0 Å². The molecule has 0 bridgehead atoms. The lowest BCUT2D eigenvalue weighted by Gasteiger charge is -1.98. The van der Waals surface area contributed by atoms with E-state index in [1.165, 1.54) is 12.2 Å². The first kappa shape index (κ1) is 13.3. The third kappa shape index (κ3) is 5.17. The summed E-state index contributed by atoms with van der Waals surface area (Å²) in [6.07, 6.45) is 4.14. The van der Waals surface area contributed by atoms with Crippen molar-refractivity contribution >= 4 is 16.2 Å². The molecule has 0 atom stereocenters. The molecule has 0 radical (unpaired) electrons. The summed E-state index contributed by atoms with van der Waals surface area (Å²) in [6.45, 7) is 5.19. The van der Waals surface area contributed by atoms with Crippen molar-refractivity contribution in [3.63, 3.8) is 0 Å². The molecule has 1 aromatic carbocycles. The number of rotatable bonds is 5. The summed E-state index contributed by atoms with van der Waals surface area (Å²) in [5, 5.41) is 1.02. The van der Waals surface area contributed by atoms with Crippen LogP contribution < -0.4 is 0 Å². The lowest BCUT2D eigenvalue weighted by Crippen LogP contribution is -1.96. The van der Waals surface area contributed by atoms with Crippen molar-refractivity contribution in [3.8, 4) is 0 Å². The predicted octanol–water partition coefficient (Wildman–Crippen LogP) is 3.09. The highest BCUT2D eigenvalue weighted by atomic mass is 32.2. The Balaban J connectivity index is 2.74. The summed E-state index contributed by atoms with van der Waals surface area (Å²) in [5.41, 5.74) is 1.44. The molecule has 0 heterocycles. The Kier molecular flexibility index (Phi) is 4.72. The number of benzene rings is 1. The molecular formula is C13H14O3S. The van der Waals surface area contributed by atoms with Gasteiger partial charge in [0.25, 0.3) is 0 Å². The zero-order chi connectivity index (χ0) is 12.7. The fourth-order valence-electron chi connectivity index (χ4n) is 0.949. The Bertz CT molecular complexity index is 525. The summed E-state index contributed by atoms with van der Waals surface area (Å²) < 4.78 is 27.5. The van der Waals surface area contributed by atoms with Crippen molar-refractivity contribution in [2.75, 3.05) is 0 Å². The van der Waals surface area contributed by atoms with Gasteiger partial charge in [-0.25, -0.2) is 0 Å². The second-order valence-corrected chi connectivity index (χ2v) is 4.82. The Morgan fingerprint density at radius 2 is 1.94 bits per heavy atom. The molecule has 0 fully saturated rings. The molecule has 0 spiro atoms. The molecule has 1 aromatic rings. The van der Waals surface area contributed by atoms with Gasteiger partial charge in [-0.3, -0.25) is 0 Å². The maximum Gasteiger partial charge on any atom is 0.331 e. The van der Waals surface area contributed by atoms with Gasteiger partial charge in [0, 0.05) is 0 Å². The minimum atomic E-state index is -3.69. The fourth-order valence-corrected chi connectivity index (χ4v) is 1.62. The SMILES string of the molecule is C=CC(C)=COS(=O)(=O)C=Cc1ccccc1. The molecule has 0 aliphatic rings. The molecule has 0 amide bonds. The average Bonchev–Trinajstić information content (AvgIpc) is 2.35. The monoisotopic (exact) mass is 250 g/mol. The van der Waals surface area contributed by atoms with E-state index < -0.39 is 10.1 Å². The van der Waals surface area contributed by atoms with Crippen LogP contribution in [0.1, 0.15) is 12.5 Å². The quantitative estimate of drug-likeness (QED) is 0.458. The zero-order valence-corrected chi connectivity index (χ0v) is 10.4. The minimum Gasteiger partial charge on any atom is -0.387 e. The highest BCUT2D eigenvalue weighted by molar-refractivity contribution is 7.89. The number of allylic oxidation sites excluding steroid dienone is 2. The topological polar surface area (TPSA) is 43.4 Å². The van der Waals surface area contributed by atoms with Gasteiger partial charge in [0.2, 0.25) is 0 Å². The molecule has 0 aromatic heterocycles. The van der Waals surface area contributed by atoms with Crippen LogP contribution in [0.5, 0.6) is 0 Å². The van der Waals surface area contributed by atoms with Gasteiger partial charge in [0.05, 0.1) is 5.41 Å². The highest BCUT2D eigenvalue weighted by Crippen LogP contribution is 2.06. The Morgan fingerprint density at radius 1 is 1.29 bits per heavy atom. The standard InChI is InChI=1S/C13H14O3S/c1-3-12(2)11-16-17(14,15)10-9-13-7-5-4-6-8-13/h3-11H,1H2,2H3. The van der Waals surface area contributed by atoms with E-state index in [9.17, 15) is 8.42 Å². The van der Waals surface area contributed by atoms with Crippen molar-refractivity contribution < 1.29 is 12.6 Å². The van der Waals surface area contributed by atoms with Gasteiger partial charge < -0.3 is 4.18 Å². The minimum absolute atomic E-state index is 0.640. The molecule has 0 unspecified atom stereocenters. The van der Waals surface area contributed by atoms with Crippen molar-refractivity contribution in [3.05, 3.63) is 65.8 Å². The van der Waals surface area contributed by atoms with E-state index in [0.29, 0.717) is 5.57 Å². The maximum atomic E-state index is 11.4. The summed E-state index contributed by atoms with van der Waals surface area (Å²) in [4.78, 5) is 0. The average molecular weight is 250 g/mol. The summed E-state index contributed by atoms with van der Waals surface area (Å²) in [7, 11) is -3.69. The van der Waals surface area contributed by atoms with Gasteiger partial charge >= 0.3 is 10.1 Å². The van der Waals surface area contributed by atoms with Gasteiger partial charge in [-0.1, -0.05) is 43.0 Å². The Labute approximate surface area is 102 Å². The van der Waals surface area contributed by atoms with Gasteiger partial charge in [-0.05, 0) is 24.1 Å². The first-order valence-electron chi connectivity index (χ1n) is 4.99. The van der Waals surface area contributed by atoms with Crippen LogP contribution in [-0.2, 0) is 14.3 Å². The molecule has 3 nitrogen and oxygen atoms in total. The molecule has 0 aliphatic carbocycles. The number of hydrogen-bond donors (Lipinski definition) is 0. The third-order valence-corrected chi connectivity index (χ3v) is 2.75. The molecule has 17 heavy (non-hydrogen) atoms. The molecule has 0 saturated heterocycles. The summed E-state index contributed by atoms with van der Waals surface area (Å²) in [5.74, 6) is 0. The normalized spacial score (nSPS) is 12.6. The van der Waals surface area contributed by atoms with E-state index in [1.54, 1.807) is 19.1 Å². The second-order valence-electron chi connectivity index (χ2n) is 3.37. The van der Waals surface area contributed by atoms with Gasteiger partial charge in [-0.15, -0.1) is 0 Å². The maximum absolute atomic E-state index is 11.4. The van der Waals surface area contributed by atoms with E-state index in [-0.39, 0.29) is 0 Å². The van der Waals surface area contributed by atoms with E-state index >= 15 is 0 Å². The van der Waals surface area contributed by atoms with E-state index in [4.69, 9.17) is 0 Å². The first-order chi connectivity index (χ1) is 8.03. The van der Waals surface area contributed by atoms with Gasteiger partial charge in [-0.2, -0.15) is 8.42 Å². The lowest BCUT2D eigenvalue weighted by molar-refractivity contribution is 0.451. The van der Waals surface area contributed by atoms with E-state index in [2.05, 4.69) is 10.8 Å². The third-order valence-electron chi connectivity index (χ3n) is 1.92. The first-order valence-corrected chi connectivity index (χ1v) is 6.46. The molecule has 0 saturated carbocycles. The van der Waals surface area contributed by atoms with Crippen LogP contribution in [0, 0.1) is 0 Å². The van der Waals surface area contributed by atoms with Crippen molar-refractivity contribution in [1.29, 1.82) is 0 Å². The van der Waals surface area contributed by atoms with Crippen LogP contribution in [0.3, 0.4) is 0 Å². The predicted molar refractivity (Wildman–Crippen MR) is 69.4 cm³/mol. The van der Waals surface area contributed by atoms with Crippen molar-refractivity contribution in [1.82, 2.24) is 0 Å². The smallest absolute Gasteiger partial charge is 0.331 e. The van der Waals surface area contributed by atoms with E-state index in [0.717, 1.165) is 17.2 Å². The molecular weight excluding hydrogens is 236 g/mol. The highest BCUT2D eigenvalue weighted by Gasteiger charge is 2.03. The molecule has 0 N–H and O–H groups in total. The summed E-state index contributed by atoms with van der Waals surface area (Å²) in [6, 6.07) is 9.12. The van der Waals surface area contributed by atoms with E-state index in [1.807, 2.05) is 18.2 Å². The lowest BCUT2D eigenvalue weighted by atomic mass is 10.2. The van der Waals surface area contributed by atoms with Crippen LogP contribution in [0.15, 0.2) is 60.2 Å². The largest absolute Gasteiger partial charge is 0.387 e. The van der Waals surface area contributed by atoms with Crippen LogP contribution in [-0.4, -0.2) is 8.42 Å². The Hall–Kier alpha value is -1.81. The molecule has 4 heteroatoms. The molecule has 1 rings (SSSR count). The molecule has 90 valence electrons. The van der Waals surface area contributed by atoms with Crippen LogP contribution >= 0.6 is 0 Å². The Morgan fingerprint density at radius 3 is 2.53 bits per heavy atom. The van der Waals surface area contributed by atoms with Crippen LogP contribution in [0.25, 0.3) is 6.08 Å². The zero-order valence-electron chi connectivity index (χ0n) is 9.54. The van der Waals surface area contributed by atoms with Gasteiger partial charge in [0.1, 0.15) is 6.26 Å². The van der Waals surface area contributed by atoms with Gasteiger partial charge in [0.15, 0.2) is 0 Å². The van der Waals surface area contributed by atoms with Crippen molar-refractivity contribution in [2.24, 2.45) is 0 Å². The summed E-state index contributed by atoms with van der Waals surface area (Å²) >= 11 is 0. The number of hydrogen-bond acceptors (Lipinski definition) is 3. The second kappa shape index (κ2) is 6.06.